The van der Waals surface area contributed by atoms with Crippen LogP contribution in [0.25, 0.3) is 0 Å². The molecule has 0 bridgehead atoms. The van der Waals surface area contributed by atoms with Crippen molar-refractivity contribution < 1.29 is 9.50 Å². The van der Waals surface area contributed by atoms with Crippen LogP contribution in [0.5, 0.6) is 0 Å². The molecule has 0 aromatic rings. The van der Waals surface area contributed by atoms with Gasteiger partial charge in [-0.15, -0.1) is 0 Å². The van der Waals surface area contributed by atoms with Gasteiger partial charge in [-0.25, -0.2) is 4.39 Å². The third-order valence-corrected chi connectivity index (χ3v) is 2.01. The topological polar surface area (TPSA) is 32.3 Å². The fourth-order valence-electron chi connectivity index (χ4n) is 1.34. The van der Waals surface area contributed by atoms with Crippen LogP contribution in [0.4, 0.5) is 4.39 Å². The molecule has 1 heterocycles. The van der Waals surface area contributed by atoms with E-state index in [1.807, 2.05) is 0 Å². The summed E-state index contributed by atoms with van der Waals surface area (Å²) in [5.41, 5.74) is 0. The van der Waals surface area contributed by atoms with E-state index in [-0.39, 0.29) is 5.92 Å². The number of halogens is 1. The molecule has 60 valence electrons. The summed E-state index contributed by atoms with van der Waals surface area (Å²) in [5.74, 6) is 0.0278. The number of aliphatic hydroxyl groups is 1. The Morgan fingerprint density at radius 3 is 2.80 bits per heavy atom. The smallest absolute Gasteiger partial charge is 0.130 e. The highest BCUT2D eigenvalue weighted by molar-refractivity contribution is 4.80. The van der Waals surface area contributed by atoms with Gasteiger partial charge in [0.1, 0.15) is 6.17 Å². The van der Waals surface area contributed by atoms with Gasteiger partial charge in [-0.2, -0.15) is 0 Å². The lowest BCUT2D eigenvalue weighted by molar-refractivity contribution is 0.0601. The molecule has 3 unspecified atom stereocenters. The number of nitrogens with one attached hydrogen (secondary N) is 1. The Bertz CT molecular complexity index is 102. The van der Waals surface area contributed by atoms with Crippen LogP contribution < -0.4 is 5.32 Å². The summed E-state index contributed by atoms with van der Waals surface area (Å²) in [6, 6.07) is 0. The predicted molar refractivity (Wildman–Crippen MR) is 37.6 cm³/mol. The van der Waals surface area contributed by atoms with Gasteiger partial charge in [0.05, 0.1) is 6.10 Å². The van der Waals surface area contributed by atoms with E-state index in [1.165, 1.54) is 6.92 Å². The highest BCUT2D eigenvalue weighted by atomic mass is 19.1. The minimum atomic E-state index is -1.05. The molecule has 10 heavy (non-hydrogen) atoms. The van der Waals surface area contributed by atoms with Crippen molar-refractivity contribution >= 4 is 0 Å². The second-order valence-corrected chi connectivity index (χ2v) is 2.94. The summed E-state index contributed by atoms with van der Waals surface area (Å²) in [5, 5.41) is 11.9. The van der Waals surface area contributed by atoms with Crippen LogP contribution in [0.1, 0.15) is 13.3 Å². The molecule has 0 aromatic carbocycles. The molecule has 0 amide bonds. The molecule has 1 aliphatic heterocycles. The molecule has 3 atom stereocenters. The lowest BCUT2D eigenvalue weighted by Crippen LogP contribution is -2.28. The summed E-state index contributed by atoms with van der Waals surface area (Å²) in [4.78, 5) is 0. The van der Waals surface area contributed by atoms with Gasteiger partial charge in [0, 0.05) is 12.5 Å². The second kappa shape index (κ2) is 3.30. The van der Waals surface area contributed by atoms with E-state index >= 15 is 0 Å². The maximum Gasteiger partial charge on any atom is 0.130 e. The number of aliphatic hydroxyl groups excluding tert-OH is 1. The maximum absolute atomic E-state index is 12.9. The number of alkyl halides is 1. The van der Waals surface area contributed by atoms with E-state index in [0.717, 1.165) is 13.0 Å². The molecular weight excluding hydrogens is 133 g/mol. The highest BCUT2D eigenvalue weighted by Crippen LogP contribution is 2.18. The van der Waals surface area contributed by atoms with Crippen LogP contribution in [-0.4, -0.2) is 30.5 Å². The quantitative estimate of drug-likeness (QED) is 0.589. The molecule has 0 aliphatic carbocycles. The molecule has 0 spiro atoms. The second-order valence-electron chi connectivity index (χ2n) is 2.94. The van der Waals surface area contributed by atoms with Crippen molar-refractivity contribution in [1.82, 2.24) is 5.32 Å². The zero-order chi connectivity index (χ0) is 7.56. The van der Waals surface area contributed by atoms with Crippen molar-refractivity contribution in [3.05, 3.63) is 0 Å². The molecule has 0 aromatic heterocycles. The molecular formula is C7H14FNO. The largest absolute Gasteiger partial charge is 0.390 e. The van der Waals surface area contributed by atoms with Gasteiger partial charge in [-0.1, -0.05) is 0 Å². The molecule has 0 radical (unpaired) electrons. The van der Waals surface area contributed by atoms with Crippen molar-refractivity contribution in [2.75, 3.05) is 13.1 Å². The standard InChI is InChI=1S/C7H14FNO/c1-5(10)7(8)6-2-3-9-4-6/h5-7,9-10H,2-4H2,1H3. The minimum Gasteiger partial charge on any atom is -0.390 e. The van der Waals surface area contributed by atoms with Gasteiger partial charge >= 0.3 is 0 Å². The maximum atomic E-state index is 12.9. The average molecular weight is 147 g/mol. The van der Waals surface area contributed by atoms with Crippen molar-refractivity contribution in [2.24, 2.45) is 5.92 Å². The van der Waals surface area contributed by atoms with Crippen LogP contribution in [0.2, 0.25) is 0 Å². The van der Waals surface area contributed by atoms with E-state index in [4.69, 9.17) is 5.11 Å². The van der Waals surface area contributed by atoms with E-state index < -0.39 is 12.3 Å². The van der Waals surface area contributed by atoms with Crippen molar-refractivity contribution in [2.45, 2.75) is 25.6 Å². The van der Waals surface area contributed by atoms with Crippen molar-refractivity contribution in [3.8, 4) is 0 Å². The van der Waals surface area contributed by atoms with Crippen LogP contribution >= 0.6 is 0 Å². The number of rotatable bonds is 2. The lowest BCUT2D eigenvalue weighted by atomic mass is 9.99. The van der Waals surface area contributed by atoms with Gasteiger partial charge in [0.2, 0.25) is 0 Å². The van der Waals surface area contributed by atoms with E-state index in [2.05, 4.69) is 5.32 Å². The first kappa shape index (κ1) is 7.95. The van der Waals surface area contributed by atoms with Crippen LogP contribution in [-0.2, 0) is 0 Å². The number of hydrogen-bond acceptors (Lipinski definition) is 2. The summed E-state index contributed by atoms with van der Waals surface area (Å²) in [6.45, 7) is 3.10. The Labute approximate surface area is 60.4 Å². The molecule has 0 saturated carbocycles. The predicted octanol–water partition coefficient (Wildman–Crippen LogP) is 0.315. The van der Waals surface area contributed by atoms with Crippen molar-refractivity contribution in [1.29, 1.82) is 0 Å². The fraction of sp³-hybridized carbons (Fsp3) is 1.00. The number of hydrogen-bond donors (Lipinski definition) is 2. The van der Waals surface area contributed by atoms with Crippen molar-refractivity contribution in [3.63, 3.8) is 0 Å². The van der Waals surface area contributed by atoms with Gasteiger partial charge in [-0.05, 0) is 19.9 Å². The molecule has 1 aliphatic rings. The molecule has 1 rings (SSSR count). The van der Waals surface area contributed by atoms with Crippen LogP contribution in [0, 0.1) is 5.92 Å². The molecule has 1 saturated heterocycles. The zero-order valence-electron chi connectivity index (χ0n) is 6.18. The third-order valence-electron chi connectivity index (χ3n) is 2.01. The average Bonchev–Trinajstić information content (AvgIpc) is 2.36. The Balaban J connectivity index is 2.32. The normalized spacial score (nSPS) is 32.1. The SMILES string of the molecule is CC(O)C(F)C1CCNC1. The fourth-order valence-corrected chi connectivity index (χ4v) is 1.34. The summed E-state index contributed by atoms with van der Waals surface area (Å²) < 4.78 is 12.9. The Kier molecular flexibility index (Phi) is 2.63. The van der Waals surface area contributed by atoms with Gasteiger partial charge in [0.15, 0.2) is 0 Å². The third kappa shape index (κ3) is 1.67. The minimum absolute atomic E-state index is 0.0278. The lowest BCUT2D eigenvalue weighted by Gasteiger charge is -2.16. The van der Waals surface area contributed by atoms with Crippen LogP contribution in [0.15, 0.2) is 0 Å². The summed E-state index contributed by atoms with van der Waals surface area (Å²) >= 11 is 0. The van der Waals surface area contributed by atoms with Gasteiger partial charge < -0.3 is 10.4 Å². The Morgan fingerprint density at radius 1 is 1.70 bits per heavy atom. The molecule has 1 fully saturated rings. The first-order valence-electron chi connectivity index (χ1n) is 3.74. The Hall–Kier alpha value is -0.150. The first-order valence-corrected chi connectivity index (χ1v) is 3.74. The first-order chi connectivity index (χ1) is 4.72. The van der Waals surface area contributed by atoms with Gasteiger partial charge in [-0.3, -0.25) is 0 Å². The van der Waals surface area contributed by atoms with E-state index in [0.29, 0.717) is 6.54 Å². The zero-order valence-corrected chi connectivity index (χ0v) is 6.18. The molecule has 3 heteroatoms. The van der Waals surface area contributed by atoms with Gasteiger partial charge in [0.25, 0.3) is 0 Å². The van der Waals surface area contributed by atoms with E-state index in [1.54, 1.807) is 0 Å². The summed E-state index contributed by atoms with van der Waals surface area (Å²) in [6.07, 6.45) is -1.01. The highest BCUT2D eigenvalue weighted by Gasteiger charge is 2.27. The molecule has 2 N–H and O–H groups in total. The monoisotopic (exact) mass is 147 g/mol. The molecule has 2 nitrogen and oxygen atoms in total. The van der Waals surface area contributed by atoms with E-state index in [9.17, 15) is 4.39 Å². The van der Waals surface area contributed by atoms with Crippen LogP contribution in [0.3, 0.4) is 0 Å². The summed E-state index contributed by atoms with van der Waals surface area (Å²) in [7, 11) is 0. The Morgan fingerprint density at radius 2 is 2.40 bits per heavy atom.